The third-order valence-corrected chi connectivity index (χ3v) is 8.10. The molecular formula is C16H33NO3Si. The third kappa shape index (κ3) is 8.26. The largest absolute Gasteiger partial charge is 0.444 e. The van der Waals surface area contributed by atoms with E-state index in [-0.39, 0.29) is 11.1 Å². The molecule has 4 nitrogen and oxygen atoms in total. The Bertz CT molecular complexity index is 354. The Hall–Kier alpha value is -0.813. The zero-order valence-electron chi connectivity index (χ0n) is 15.0. The molecule has 0 spiro atoms. The Labute approximate surface area is 131 Å². The van der Waals surface area contributed by atoms with Gasteiger partial charge in [-0.15, -0.1) is 6.58 Å². The molecule has 1 N–H and O–H groups in total. The van der Waals surface area contributed by atoms with Crippen molar-refractivity contribution in [3.05, 3.63) is 12.7 Å². The normalized spacial score (nSPS) is 14.5. The van der Waals surface area contributed by atoms with Crippen LogP contribution in [0, 0.1) is 0 Å². The maximum absolute atomic E-state index is 11.7. The number of carbonyl (C=O) groups is 1. The van der Waals surface area contributed by atoms with Crippen molar-refractivity contribution in [1.29, 1.82) is 0 Å². The summed E-state index contributed by atoms with van der Waals surface area (Å²) in [5.41, 5.74) is -0.488. The van der Waals surface area contributed by atoms with Crippen LogP contribution in [-0.4, -0.2) is 32.7 Å². The molecule has 0 aliphatic heterocycles. The Morgan fingerprint density at radius 2 is 1.76 bits per heavy atom. The summed E-state index contributed by atoms with van der Waals surface area (Å²) in [6.07, 6.45) is 2.07. The van der Waals surface area contributed by atoms with Crippen molar-refractivity contribution in [3.63, 3.8) is 0 Å². The van der Waals surface area contributed by atoms with Crippen LogP contribution >= 0.6 is 0 Å². The minimum absolute atomic E-state index is 0.0593. The molecule has 1 amide bonds. The molecule has 5 heteroatoms. The molecule has 124 valence electrons. The van der Waals surface area contributed by atoms with Gasteiger partial charge in [-0.05, 0) is 45.3 Å². The second kappa shape index (κ2) is 7.45. The fourth-order valence-electron chi connectivity index (χ4n) is 1.46. The van der Waals surface area contributed by atoms with Gasteiger partial charge in [0.15, 0.2) is 8.32 Å². The lowest BCUT2D eigenvalue weighted by atomic mass is 10.2. The molecule has 0 saturated heterocycles. The Balaban J connectivity index is 4.58. The van der Waals surface area contributed by atoms with Crippen LogP contribution in [0.2, 0.25) is 18.1 Å². The van der Waals surface area contributed by atoms with Crippen LogP contribution in [-0.2, 0) is 9.16 Å². The topological polar surface area (TPSA) is 47.6 Å². The van der Waals surface area contributed by atoms with Crippen LogP contribution in [0.25, 0.3) is 0 Å². The lowest BCUT2D eigenvalue weighted by Crippen LogP contribution is -2.47. The van der Waals surface area contributed by atoms with E-state index in [1.54, 1.807) is 0 Å². The molecule has 0 bridgehead atoms. The molecule has 0 heterocycles. The summed E-state index contributed by atoms with van der Waals surface area (Å²) in [4.78, 5) is 11.7. The van der Waals surface area contributed by atoms with E-state index in [9.17, 15) is 4.79 Å². The van der Waals surface area contributed by atoms with E-state index in [4.69, 9.17) is 9.16 Å². The highest BCUT2D eigenvalue weighted by Crippen LogP contribution is 2.37. The van der Waals surface area contributed by atoms with Crippen molar-refractivity contribution < 1.29 is 14.0 Å². The number of rotatable bonds is 6. The van der Waals surface area contributed by atoms with Crippen LogP contribution in [0.4, 0.5) is 4.79 Å². The number of hydrogen-bond acceptors (Lipinski definition) is 3. The van der Waals surface area contributed by atoms with E-state index in [1.165, 1.54) is 0 Å². The average Bonchev–Trinajstić information content (AvgIpc) is 2.21. The Morgan fingerprint density at radius 1 is 1.24 bits per heavy atom. The van der Waals surface area contributed by atoms with Gasteiger partial charge < -0.3 is 14.5 Å². The van der Waals surface area contributed by atoms with E-state index < -0.39 is 20.0 Å². The first-order valence-corrected chi connectivity index (χ1v) is 10.4. The van der Waals surface area contributed by atoms with Gasteiger partial charge in [0.25, 0.3) is 0 Å². The number of alkyl carbamates (subject to hydrolysis) is 1. The molecule has 0 aliphatic carbocycles. The first kappa shape index (κ1) is 20.2. The van der Waals surface area contributed by atoms with Crippen molar-refractivity contribution in [1.82, 2.24) is 5.32 Å². The highest BCUT2D eigenvalue weighted by Gasteiger charge is 2.39. The molecule has 1 atom stereocenters. The fraction of sp³-hybridized carbons (Fsp3) is 0.812. The fourth-order valence-corrected chi connectivity index (χ4v) is 2.83. The van der Waals surface area contributed by atoms with Gasteiger partial charge in [0, 0.05) is 6.54 Å². The van der Waals surface area contributed by atoms with Gasteiger partial charge in [0.2, 0.25) is 0 Å². The molecule has 0 rings (SSSR count). The summed E-state index contributed by atoms with van der Waals surface area (Å²) in [7, 11) is -1.86. The minimum atomic E-state index is -1.86. The summed E-state index contributed by atoms with van der Waals surface area (Å²) in [6, 6.07) is 0. The standard InChI is InChI=1S/C16H33NO3Si/c1-10-11-13(20-21(8,9)16(5,6)7)12-17-14(18)19-15(2,3)4/h10,13H,1,11-12H2,2-9H3,(H,17,18). The van der Waals surface area contributed by atoms with Crippen molar-refractivity contribution in [2.45, 2.75) is 77.8 Å². The number of amides is 1. The molecule has 0 aromatic heterocycles. The maximum Gasteiger partial charge on any atom is 0.407 e. The zero-order chi connectivity index (χ0) is 16.9. The van der Waals surface area contributed by atoms with Crippen molar-refractivity contribution in [3.8, 4) is 0 Å². The molecule has 0 aliphatic rings. The molecular weight excluding hydrogens is 282 g/mol. The van der Waals surface area contributed by atoms with E-state index in [1.807, 2.05) is 26.8 Å². The van der Waals surface area contributed by atoms with E-state index in [0.717, 1.165) is 0 Å². The van der Waals surface area contributed by atoms with Gasteiger partial charge in [0.05, 0.1) is 6.10 Å². The first-order chi connectivity index (χ1) is 9.28. The third-order valence-electron chi connectivity index (χ3n) is 3.57. The van der Waals surface area contributed by atoms with Gasteiger partial charge in [-0.1, -0.05) is 26.8 Å². The predicted octanol–water partition coefficient (Wildman–Crippen LogP) is 4.48. The van der Waals surface area contributed by atoms with Gasteiger partial charge in [0.1, 0.15) is 5.60 Å². The van der Waals surface area contributed by atoms with Crippen LogP contribution in [0.1, 0.15) is 48.0 Å². The smallest absolute Gasteiger partial charge is 0.407 e. The van der Waals surface area contributed by atoms with E-state index in [0.29, 0.717) is 13.0 Å². The molecule has 0 radical (unpaired) electrons. The number of hydrogen-bond donors (Lipinski definition) is 1. The minimum Gasteiger partial charge on any atom is -0.444 e. The van der Waals surface area contributed by atoms with Crippen molar-refractivity contribution in [2.75, 3.05) is 6.54 Å². The Kier molecular flexibility index (Phi) is 7.16. The summed E-state index contributed by atoms with van der Waals surface area (Å²) < 4.78 is 11.6. The average molecular weight is 316 g/mol. The molecule has 1 unspecified atom stereocenters. The SMILES string of the molecule is C=CCC(CNC(=O)OC(C)(C)C)O[Si](C)(C)C(C)(C)C. The summed E-state index contributed by atoms with van der Waals surface area (Å²) in [5.74, 6) is 0. The maximum atomic E-state index is 11.7. The summed E-state index contributed by atoms with van der Waals surface area (Å²) in [5, 5.41) is 2.92. The number of carbonyl (C=O) groups excluding carboxylic acids is 1. The van der Waals surface area contributed by atoms with Crippen LogP contribution in [0.5, 0.6) is 0 Å². The number of ether oxygens (including phenoxy) is 1. The van der Waals surface area contributed by atoms with Crippen molar-refractivity contribution >= 4 is 14.4 Å². The highest BCUT2D eigenvalue weighted by atomic mass is 28.4. The van der Waals surface area contributed by atoms with E-state index in [2.05, 4.69) is 45.8 Å². The predicted molar refractivity (Wildman–Crippen MR) is 91.1 cm³/mol. The molecule has 21 heavy (non-hydrogen) atoms. The van der Waals surface area contributed by atoms with Crippen LogP contribution in [0.3, 0.4) is 0 Å². The molecule has 0 fully saturated rings. The second-order valence-electron chi connectivity index (χ2n) is 7.91. The number of nitrogens with one attached hydrogen (secondary N) is 1. The Morgan fingerprint density at radius 3 is 2.14 bits per heavy atom. The quantitative estimate of drug-likeness (QED) is 0.581. The van der Waals surface area contributed by atoms with Gasteiger partial charge in [-0.25, -0.2) is 4.79 Å². The second-order valence-corrected chi connectivity index (χ2v) is 12.7. The highest BCUT2D eigenvalue weighted by molar-refractivity contribution is 6.74. The van der Waals surface area contributed by atoms with Gasteiger partial charge in [-0.2, -0.15) is 0 Å². The monoisotopic (exact) mass is 315 g/mol. The van der Waals surface area contributed by atoms with Crippen LogP contribution < -0.4 is 5.32 Å². The molecule has 0 saturated carbocycles. The van der Waals surface area contributed by atoms with Gasteiger partial charge in [-0.3, -0.25) is 0 Å². The lowest BCUT2D eigenvalue weighted by molar-refractivity contribution is 0.0497. The van der Waals surface area contributed by atoms with Crippen molar-refractivity contribution in [2.24, 2.45) is 0 Å². The van der Waals surface area contributed by atoms with Crippen LogP contribution in [0.15, 0.2) is 12.7 Å². The molecule has 0 aromatic rings. The summed E-state index contributed by atoms with van der Waals surface area (Å²) in [6.45, 7) is 20.8. The first-order valence-electron chi connectivity index (χ1n) is 7.54. The zero-order valence-corrected chi connectivity index (χ0v) is 16.0. The lowest BCUT2D eigenvalue weighted by Gasteiger charge is -2.39. The van der Waals surface area contributed by atoms with E-state index >= 15 is 0 Å². The molecule has 0 aromatic carbocycles. The van der Waals surface area contributed by atoms with Gasteiger partial charge >= 0.3 is 6.09 Å². The summed E-state index contributed by atoms with van der Waals surface area (Å²) >= 11 is 0.